The highest BCUT2D eigenvalue weighted by molar-refractivity contribution is 5.69. The Kier molecular flexibility index (Phi) is 5.35. The predicted octanol–water partition coefficient (Wildman–Crippen LogP) is 1.18. The number of carbonyl (C=O) groups is 1. The standard InChI is InChI=1S/C12H19N3O3/c1-9-13-10(8-11(14-9)17-3)15(2)7-5-6-12(16)18-4/h8H,5-7H2,1-4H3. The first-order valence-corrected chi connectivity index (χ1v) is 5.74. The molecule has 1 aromatic rings. The largest absolute Gasteiger partial charge is 0.481 e. The fraction of sp³-hybridized carbons (Fsp3) is 0.583. The van der Waals surface area contributed by atoms with E-state index in [0.29, 0.717) is 31.1 Å². The molecule has 18 heavy (non-hydrogen) atoms. The third kappa shape index (κ3) is 4.20. The predicted molar refractivity (Wildman–Crippen MR) is 67.8 cm³/mol. The topological polar surface area (TPSA) is 64.5 Å². The number of anilines is 1. The molecule has 0 unspecified atom stereocenters. The summed E-state index contributed by atoms with van der Waals surface area (Å²) in [6, 6.07) is 1.77. The minimum atomic E-state index is -0.195. The Labute approximate surface area is 107 Å². The zero-order chi connectivity index (χ0) is 13.5. The minimum Gasteiger partial charge on any atom is -0.481 e. The van der Waals surface area contributed by atoms with E-state index in [4.69, 9.17) is 4.74 Å². The lowest BCUT2D eigenvalue weighted by Gasteiger charge is -2.18. The number of hydrogen-bond donors (Lipinski definition) is 0. The van der Waals surface area contributed by atoms with Crippen LogP contribution in [0.1, 0.15) is 18.7 Å². The summed E-state index contributed by atoms with van der Waals surface area (Å²) >= 11 is 0. The van der Waals surface area contributed by atoms with Gasteiger partial charge in [-0.15, -0.1) is 0 Å². The molecule has 0 radical (unpaired) electrons. The van der Waals surface area contributed by atoms with Gasteiger partial charge in [0.2, 0.25) is 5.88 Å². The van der Waals surface area contributed by atoms with E-state index in [0.717, 1.165) is 5.82 Å². The van der Waals surface area contributed by atoms with Crippen LogP contribution in [-0.4, -0.2) is 43.7 Å². The minimum absolute atomic E-state index is 0.195. The van der Waals surface area contributed by atoms with Gasteiger partial charge in [0.1, 0.15) is 11.6 Å². The number of esters is 1. The molecule has 0 fully saturated rings. The normalized spacial score (nSPS) is 10.0. The van der Waals surface area contributed by atoms with E-state index in [2.05, 4.69) is 14.7 Å². The Morgan fingerprint density at radius 2 is 2.11 bits per heavy atom. The number of rotatable bonds is 6. The number of carbonyl (C=O) groups excluding carboxylic acids is 1. The Morgan fingerprint density at radius 3 is 2.72 bits per heavy atom. The summed E-state index contributed by atoms with van der Waals surface area (Å²) in [4.78, 5) is 21.4. The first-order valence-electron chi connectivity index (χ1n) is 5.74. The molecule has 1 rings (SSSR count). The number of hydrogen-bond acceptors (Lipinski definition) is 6. The SMILES string of the molecule is COC(=O)CCCN(C)c1cc(OC)nc(C)n1. The molecular weight excluding hydrogens is 234 g/mol. The van der Waals surface area contributed by atoms with Crippen LogP contribution in [0.15, 0.2) is 6.07 Å². The summed E-state index contributed by atoms with van der Waals surface area (Å²) in [5, 5.41) is 0. The van der Waals surface area contributed by atoms with Crippen molar-refractivity contribution in [3.63, 3.8) is 0 Å². The van der Waals surface area contributed by atoms with Crippen LogP contribution in [0, 0.1) is 6.92 Å². The van der Waals surface area contributed by atoms with Gasteiger partial charge in [-0.3, -0.25) is 4.79 Å². The fourth-order valence-electron chi connectivity index (χ4n) is 1.50. The molecule has 0 N–H and O–H groups in total. The Morgan fingerprint density at radius 1 is 1.39 bits per heavy atom. The first-order chi connectivity index (χ1) is 8.56. The van der Waals surface area contributed by atoms with Crippen molar-refractivity contribution in [1.29, 1.82) is 0 Å². The molecule has 0 saturated heterocycles. The van der Waals surface area contributed by atoms with Gasteiger partial charge in [-0.25, -0.2) is 4.98 Å². The zero-order valence-corrected chi connectivity index (χ0v) is 11.3. The fourth-order valence-corrected chi connectivity index (χ4v) is 1.50. The first kappa shape index (κ1) is 14.2. The quantitative estimate of drug-likeness (QED) is 0.709. The maximum absolute atomic E-state index is 11.0. The molecule has 0 atom stereocenters. The highest BCUT2D eigenvalue weighted by atomic mass is 16.5. The average molecular weight is 253 g/mol. The molecule has 0 aliphatic heterocycles. The van der Waals surface area contributed by atoms with Gasteiger partial charge in [-0.2, -0.15) is 4.98 Å². The van der Waals surface area contributed by atoms with Gasteiger partial charge < -0.3 is 14.4 Å². The van der Waals surface area contributed by atoms with Crippen LogP contribution in [0.3, 0.4) is 0 Å². The van der Waals surface area contributed by atoms with Gasteiger partial charge in [-0.05, 0) is 13.3 Å². The summed E-state index contributed by atoms with van der Waals surface area (Å²) in [6.45, 7) is 2.53. The monoisotopic (exact) mass is 253 g/mol. The second-order valence-corrected chi connectivity index (χ2v) is 3.92. The molecule has 0 spiro atoms. The molecule has 100 valence electrons. The third-order valence-corrected chi connectivity index (χ3v) is 2.50. The molecule has 1 aromatic heterocycles. The summed E-state index contributed by atoms with van der Waals surface area (Å²) < 4.78 is 9.68. The lowest BCUT2D eigenvalue weighted by atomic mass is 10.3. The van der Waals surface area contributed by atoms with Crippen molar-refractivity contribution in [2.24, 2.45) is 0 Å². The zero-order valence-electron chi connectivity index (χ0n) is 11.3. The maximum atomic E-state index is 11.0. The average Bonchev–Trinajstić information content (AvgIpc) is 2.37. The lowest BCUT2D eigenvalue weighted by molar-refractivity contribution is -0.140. The molecule has 0 aliphatic rings. The number of ether oxygens (including phenoxy) is 2. The van der Waals surface area contributed by atoms with Crippen LogP contribution in [0.2, 0.25) is 0 Å². The van der Waals surface area contributed by atoms with E-state index in [1.165, 1.54) is 7.11 Å². The van der Waals surface area contributed by atoms with Crippen molar-refractivity contribution >= 4 is 11.8 Å². The van der Waals surface area contributed by atoms with Crippen molar-refractivity contribution in [3.05, 3.63) is 11.9 Å². The van der Waals surface area contributed by atoms with Crippen molar-refractivity contribution in [2.45, 2.75) is 19.8 Å². The van der Waals surface area contributed by atoms with E-state index in [-0.39, 0.29) is 5.97 Å². The third-order valence-electron chi connectivity index (χ3n) is 2.50. The van der Waals surface area contributed by atoms with E-state index >= 15 is 0 Å². The summed E-state index contributed by atoms with van der Waals surface area (Å²) in [6.07, 6.45) is 1.12. The molecule has 0 amide bonds. The van der Waals surface area contributed by atoms with Gasteiger partial charge in [-0.1, -0.05) is 0 Å². The molecule has 6 heteroatoms. The van der Waals surface area contributed by atoms with Gasteiger partial charge in [0.25, 0.3) is 0 Å². The van der Waals surface area contributed by atoms with Crippen LogP contribution in [-0.2, 0) is 9.53 Å². The summed E-state index contributed by atoms with van der Waals surface area (Å²) in [5.74, 6) is 1.78. The Balaban J connectivity index is 2.58. The van der Waals surface area contributed by atoms with Crippen molar-refractivity contribution in [1.82, 2.24) is 9.97 Å². The van der Waals surface area contributed by atoms with Crippen LogP contribution in [0.5, 0.6) is 5.88 Å². The number of aryl methyl sites for hydroxylation is 1. The van der Waals surface area contributed by atoms with Crippen molar-refractivity contribution < 1.29 is 14.3 Å². The highest BCUT2D eigenvalue weighted by Gasteiger charge is 2.08. The lowest BCUT2D eigenvalue weighted by Crippen LogP contribution is -2.21. The van der Waals surface area contributed by atoms with E-state index in [9.17, 15) is 4.79 Å². The van der Waals surface area contributed by atoms with Gasteiger partial charge in [0.15, 0.2) is 0 Å². The highest BCUT2D eigenvalue weighted by Crippen LogP contribution is 2.16. The maximum Gasteiger partial charge on any atom is 0.305 e. The van der Waals surface area contributed by atoms with Crippen LogP contribution >= 0.6 is 0 Å². The van der Waals surface area contributed by atoms with E-state index < -0.39 is 0 Å². The number of nitrogens with zero attached hydrogens (tertiary/aromatic N) is 3. The second-order valence-electron chi connectivity index (χ2n) is 3.92. The molecular formula is C12H19N3O3. The van der Waals surface area contributed by atoms with E-state index in [1.54, 1.807) is 13.2 Å². The van der Waals surface area contributed by atoms with Gasteiger partial charge in [0, 0.05) is 26.1 Å². The molecule has 0 saturated carbocycles. The Hall–Kier alpha value is -1.85. The molecule has 0 bridgehead atoms. The molecule has 1 heterocycles. The smallest absolute Gasteiger partial charge is 0.305 e. The molecule has 6 nitrogen and oxygen atoms in total. The van der Waals surface area contributed by atoms with E-state index in [1.807, 2.05) is 18.9 Å². The van der Waals surface area contributed by atoms with Crippen molar-refractivity contribution in [2.75, 3.05) is 32.7 Å². The van der Waals surface area contributed by atoms with Crippen LogP contribution in [0.25, 0.3) is 0 Å². The van der Waals surface area contributed by atoms with Crippen LogP contribution < -0.4 is 9.64 Å². The van der Waals surface area contributed by atoms with Gasteiger partial charge >= 0.3 is 5.97 Å². The number of methoxy groups -OCH3 is 2. The Bertz CT molecular complexity index is 410. The van der Waals surface area contributed by atoms with Gasteiger partial charge in [0.05, 0.1) is 14.2 Å². The molecule has 0 aliphatic carbocycles. The van der Waals surface area contributed by atoms with Crippen LogP contribution in [0.4, 0.5) is 5.82 Å². The second kappa shape index (κ2) is 6.78. The summed E-state index contributed by atoms with van der Waals surface area (Å²) in [7, 11) is 4.88. The summed E-state index contributed by atoms with van der Waals surface area (Å²) in [5.41, 5.74) is 0. The molecule has 0 aromatic carbocycles. The number of aromatic nitrogens is 2. The van der Waals surface area contributed by atoms with Crippen molar-refractivity contribution in [3.8, 4) is 5.88 Å².